The predicted octanol–water partition coefficient (Wildman–Crippen LogP) is 2.91. The molecule has 4 rings (SSSR count). The standard InChI is InChI=1S/C22H25ClN4O4/c1-15-12-17(23)3-4-18(15)25-22(24-6-7-27-8-10-29-11-9-27)26-21(28)16-2-5-19-20(13-16)31-14-30-19/h2-5,12-13H,6-11,14H2,1H3,(H2,24,25,26,28). The Balaban J connectivity index is 1.47. The summed E-state index contributed by atoms with van der Waals surface area (Å²) in [6.45, 7) is 6.67. The summed E-state index contributed by atoms with van der Waals surface area (Å²) in [5, 5.41) is 6.76. The normalized spacial score (nSPS) is 16.3. The number of fused-ring (bicyclic) bond motifs is 1. The van der Waals surface area contributed by atoms with Crippen LogP contribution in [0.25, 0.3) is 0 Å². The van der Waals surface area contributed by atoms with Gasteiger partial charge in [0.05, 0.1) is 19.8 Å². The number of benzene rings is 2. The van der Waals surface area contributed by atoms with Crippen LogP contribution in [0.1, 0.15) is 15.9 Å². The molecule has 0 unspecified atom stereocenters. The van der Waals surface area contributed by atoms with Gasteiger partial charge in [-0.25, -0.2) is 0 Å². The number of carbonyl (C=O) groups is 1. The molecule has 2 heterocycles. The van der Waals surface area contributed by atoms with Gasteiger partial charge in [-0.1, -0.05) is 11.6 Å². The van der Waals surface area contributed by atoms with Crippen molar-refractivity contribution in [2.75, 3.05) is 51.5 Å². The fourth-order valence-corrected chi connectivity index (χ4v) is 3.58. The monoisotopic (exact) mass is 444 g/mol. The molecular formula is C22H25ClN4O4. The van der Waals surface area contributed by atoms with Gasteiger partial charge in [0.15, 0.2) is 11.5 Å². The van der Waals surface area contributed by atoms with Gasteiger partial charge in [0.1, 0.15) is 0 Å². The largest absolute Gasteiger partial charge is 0.454 e. The fraction of sp³-hybridized carbons (Fsp3) is 0.364. The van der Waals surface area contributed by atoms with Crippen molar-refractivity contribution in [3.8, 4) is 11.5 Å². The third kappa shape index (κ3) is 5.66. The number of ether oxygens (including phenoxy) is 3. The molecule has 31 heavy (non-hydrogen) atoms. The second-order valence-corrected chi connectivity index (χ2v) is 7.73. The lowest BCUT2D eigenvalue weighted by molar-refractivity contribution is 0.0394. The average Bonchev–Trinajstić information content (AvgIpc) is 3.24. The Labute approximate surface area is 186 Å². The number of aryl methyl sites for hydroxylation is 1. The van der Waals surface area contributed by atoms with Crippen molar-refractivity contribution in [2.24, 2.45) is 4.99 Å². The minimum absolute atomic E-state index is 0.159. The van der Waals surface area contributed by atoms with Crippen LogP contribution in [-0.4, -0.2) is 63.0 Å². The first-order valence-corrected chi connectivity index (χ1v) is 10.5. The molecule has 0 atom stereocenters. The lowest BCUT2D eigenvalue weighted by atomic mass is 10.2. The topological polar surface area (TPSA) is 84.4 Å². The molecule has 1 amide bonds. The number of carbonyl (C=O) groups excluding carboxylic acids is 1. The maximum absolute atomic E-state index is 12.9. The summed E-state index contributed by atoms with van der Waals surface area (Å²) < 4.78 is 16.1. The second kappa shape index (κ2) is 10.00. The van der Waals surface area contributed by atoms with Crippen LogP contribution in [-0.2, 0) is 4.74 Å². The van der Waals surface area contributed by atoms with E-state index in [0.717, 1.165) is 44.1 Å². The molecule has 8 nitrogen and oxygen atoms in total. The van der Waals surface area contributed by atoms with E-state index in [1.807, 2.05) is 19.1 Å². The second-order valence-electron chi connectivity index (χ2n) is 7.29. The zero-order valence-corrected chi connectivity index (χ0v) is 18.1. The number of hydrogen-bond acceptors (Lipinski definition) is 6. The average molecular weight is 445 g/mol. The maximum atomic E-state index is 12.9. The number of morpholine rings is 1. The Bertz CT molecular complexity index is 976. The highest BCUT2D eigenvalue weighted by atomic mass is 35.5. The number of aliphatic imine (C=N–C) groups is 1. The summed E-state index contributed by atoms with van der Waals surface area (Å²) in [7, 11) is 0. The highest BCUT2D eigenvalue weighted by Gasteiger charge is 2.17. The van der Waals surface area contributed by atoms with Crippen LogP contribution >= 0.6 is 11.6 Å². The molecule has 0 saturated carbocycles. The number of rotatable bonds is 5. The predicted molar refractivity (Wildman–Crippen MR) is 119 cm³/mol. The zero-order valence-electron chi connectivity index (χ0n) is 17.3. The van der Waals surface area contributed by atoms with Crippen molar-refractivity contribution >= 4 is 29.2 Å². The molecule has 2 aromatic carbocycles. The Morgan fingerprint density at radius 3 is 2.74 bits per heavy atom. The van der Waals surface area contributed by atoms with E-state index in [-0.39, 0.29) is 12.7 Å². The van der Waals surface area contributed by atoms with E-state index in [1.54, 1.807) is 24.3 Å². The van der Waals surface area contributed by atoms with Crippen molar-refractivity contribution in [3.05, 3.63) is 52.5 Å². The van der Waals surface area contributed by atoms with Crippen LogP contribution in [0, 0.1) is 6.92 Å². The first-order valence-electron chi connectivity index (χ1n) is 10.2. The number of halogens is 1. The van der Waals surface area contributed by atoms with E-state index in [2.05, 4.69) is 20.5 Å². The maximum Gasteiger partial charge on any atom is 0.258 e. The van der Waals surface area contributed by atoms with Gasteiger partial charge < -0.3 is 19.5 Å². The molecule has 1 fully saturated rings. The number of anilines is 1. The zero-order chi connectivity index (χ0) is 21.6. The van der Waals surface area contributed by atoms with E-state index in [0.29, 0.717) is 34.6 Å². The highest BCUT2D eigenvalue weighted by Crippen LogP contribution is 2.32. The number of amides is 1. The summed E-state index contributed by atoms with van der Waals surface area (Å²) in [4.78, 5) is 19.8. The van der Waals surface area contributed by atoms with Crippen LogP contribution in [0.5, 0.6) is 11.5 Å². The molecule has 164 valence electrons. The first kappa shape index (κ1) is 21.4. The Morgan fingerprint density at radius 2 is 1.94 bits per heavy atom. The summed E-state index contributed by atoms with van der Waals surface area (Å²) >= 11 is 6.07. The summed E-state index contributed by atoms with van der Waals surface area (Å²) in [6.07, 6.45) is 0. The highest BCUT2D eigenvalue weighted by molar-refractivity contribution is 6.30. The minimum Gasteiger partial charge on any atom is -0.454 e. The van der Waals surface area contributed by atoms with Gasteiger partial charge in [-0.3, -0.25) is 20.0 Å². The molecule has 9 heteroatoms. The molecule has 0 aromatic heterocycles. The van der Waals surface area contributed by atoms with E-state index >= 15 is 0 Å². The molecule has 0 radical (unpaired) electrons. The van der Waals surface area contributed by atoms with Crippen molar-refractivity contribution < 1.29 is 19.0 Å². The summed E-state index contributed by atoms with van der Waals surface area (Å²) in [6, 6.07) is 10.6. The van der Waals surface area contributed by atoms with Gasteiger partial charge in [0, 0.05) is 35.9 Å². The third-order valence-electron chi connectivity index (χ3n) is 5.10. The van der Waals surface area contributed by atoms with E-state index < -0.39 is 0 Å². The Kier molecular flexibility index (Phi) is 6.91. The van der Waals surface area contributed by atoms with E-state index in [1.165, 1.54) is 0 Å². The van der Waals surface area contributed by atoms with Gasteiger partial charge in [-0.15, -0.1) is 0 Å². The molecule has 2 aliphatic heterocycles. The summed E-state index contributed by atoms with van der Waals surface area (Å²) in [5.74, 6) is 1.27. The SMILES string of the molecule is Cc1cc(Cl)ccc1NC(=NCCN1CCOCC1)NC(=O)c1ccc2c(c1)OCO2. The van der Waals surface area contributed by atoms with Crippen molar-refractivity contribution in [2.45, 2.75) is 6.92 Å². The van der Waals surface area contributed by atoms with Crippen LogP contribution < -0.4 is 20.1 Å². The lowest BCUT2D eigenvalue weighted by Gasteiger charge is -2.25. The quantitative estimate of drug-likeness (QED) is 0.545. The summed E-state index contributed by atoms with van der Waals surface area (Å²) in [5.41, 5.74) is 2.23. The van der Waals surface area contributed by atoms with Crippen molar-refractivity contribution in [1.82, 2.24) is 10.2 Å². The Hall–Kier alpha value is -2.81. The molecule has 2 aromatic rings. The number of nitrogens with zero attached hydrogens (tertiary/aromatic N) is 2. The molecule has 2 aliphatic rings. The number of nitrogens with one attached hydrogen (secondary N) is 2. The van der Waals surface area contributed by atoms with E-state index in [4.69, 9.17) is 25.8 Å². The first-order chi connectivity index (χ1) is 15.1. The molecule has 0 spiro atoms. The van der Waals surface area contributed by atoms with Crippen LogP contribution in [0.15, 0.2) is 41.4 Å². The number of guanidine groups is 1. The van der Waals surface area contributed by atoms with Crippen molar-refractivity contribution in [3.63, 3.8) is 0 Å². The van der Waals surface area contributed by atoms with Gasteiger partial charge in [0.25, 0.3) is 5.91 Å². The molecule has 2 N–H and O–H groups in total. The fourth-order valence-electron chi connectivity index (χ4n) is 3.35. The molecular weight excluding hydrogens is 420 g/mol. The minimum atomic E-state index is -0.289. The molecule has 1 saturated heterocycles. The van der Waals surface area contributed by atoms with Gasteiger partial charge in [-0.2, -0.15) is 0 Å². The van der Waals surface area contributed by atoms with Crippen LogP contribution in [0.3, 0.4) is 0 Å². The van der Waals surface area contributed by atoms with Gasteiger partial charge >= 0.3 is 0 Å². The van der Waals surface area contributed by atoms with Crippen LogP contribution in [0.4, 0.5) is 5.69 Å². The Morgan fingerprint density at radius 1 is 1.13 bits per heavy atom. The van der Waals surface area contributed by atoms with Gasteiger partial charge in [-0.05, 0) is 48.9 Å². The molecule has 0 aliphatic carbocycles. The third-order valence-corrected chi connectivity index (χ3v) is 5.33. The molecule has 0 bridgehead atoms. The van der Waals surface area contributed by atoms with Crippen LogP contribution in [0.2, 0.25) is 5.02 Å². The van der Waals surface area contributed by atoms with E-state index in [9.17, 15) is 4.79 Å². The smallest absolute Gasteiger partial charge is 0.258 e. The van der Waals surface area contributed by atoms with Gasteiger partial charge in [0.2, 0.25) is 12.8 Å². The number of hydrogen-bond donors (Lipinski definition) is 2. The lowest BCUT2D eigenvalue weighted by Crippen LogP contribution is -2.39. The van der Waals surface area contributed by atoms with Crippen molar-refractivity contribution in [1.29, 1.82) is 0 Å².